The Morgan fingerprint density at radius 2 is 1.64 bits per heavy atom. The van der Waals surface area contributed by atoms with Gasteiger partial charge in [0.1, 0.15) is 17.1 Å². The van der Waals surface area contributed by atoms with Gasteiger partial charge in [-0.2, -0.15) is 0 Å². The number of nitrogens with zero attached hydrogens (tertiary/aromatic N) is 4. The Morgan fingerprint density at radius 1 is 0.976 bits per heavy atom. The molecular weight excluding hydrogens is 567 g/mol. The van der Waals surface area contributed by atoms with Gasteiger partial charge < -0.3 is 15.0 Å². The number of benzene rings is 2. The van der Waals surface area contributed by atoms with Crippen molar-refractivity contribution in [2.24, 2.45) is 11.8 Å². The maximum atomic E-state index is 13.1. The highest BCUT2D eigenvalue weighted by atomic mass is 35.5. The van der Waals surface area contributed by atoms with Gasteiger partial charge in [-0.3, -0.25) is 14.1 Å². The number of imidazole rings is 1. The minimum atomic E-state index is -4.68. The van der Waals surface area contributed by atoms with Crippen LogP contribution in [0.3, 0.4) is 0 Å². The summed E-state index contributed by atoms with van der Waals surface area (Å²) < 4.78 is 42.9. The molecule has 0 aliphatic carbocycles. The number of fused-ring (bicyclic) bond motifs is 2. The van der Waals surface area contributed by atoms with E-state index in [-0.39, 0.29) is 11.7 Å². The molecule has 220 valence electrons. The molecule has 2 aliphatic rings. The average Bonchev–Trinajstić information content (AvgIpc) is 3.63. The van der Waals surface area contributed by atoms with Crippen molar-refractivity contribution in [2.45, 2.75) is 32.8 Å². The number of alkyl halides is 3. The van der Waals surface area contributed by atoms with Gasteiger partial charge in [-0.15, -0.1) is 13.2 Å². The quantitative estimate of drug-likeness (QED) is 0.272. The molecule has 1 amide bonds. The van der Waals surface area contributed by atoms with Crippen molar-refractivity contribution >= 4 is 28.8 Å². The number of likely N-dealkylation sites (tertiary alicyclic amines) is 1. The van der Waals surface area contributed by atoms with Crippen LogP contribution in [-0.4, -0.2) is 52.7 Å². The van der Waals surface area contributed by atoms with Crippen LogP contribution >= 0.6 is 11.6 Å². The lowest BCUT2D eigenvalue weighted by Crippen LogP contribution is -2.28. The predicted molar refractivity (Wildman–Crippen MR) is 155 cm³/mol. The molecule has 2 aliphatic heterocycles. The molecule has 2 fully saturated rings. The van der Waals surface area contributed by atoms with E-state index in [1.54, 1.807) is 34.9 Å². The second-order valence-electron chi connectivity index (χ2n) is 11.0. The van der Waals surface area contributed by atoms with Crippen LogP contribution in [0.2, 0.25) is 5.02 Å². The Balaban J connectivity index is 1.01. The number of halogens is 4. The minimum Gasteiger partial charge on any atom is -0.406 e. The number of carbonyl (C=O) groups excluding carboxylic acids is 1. The summed E-state index contributed by atoms with van der Waals surface area (Å²) in [7, 11) is 0. The Bertz CT molecular complexity index is 1560. The summed E-state index contributed by atoms with van der Waals surface area (Å²) in [6, 6.07) is 18.0. The third kappa shape index (κ3) is 6.19. The van der Waals surface area contributed by atoms with Crippen LogP contribution in [0.15, 0.2) is 66.9 Å². The van der Waals surface area contributed by atoms with Gasteiger partial charge in [0.2, 0.25) is 0 Å². The third-order valence-electron chi connectivity index (χ3n) is 8.08. The summed E-state index contributed by atoms with van der Waals surface area (Å²) >= 11 is 6.16. The smallest absolute Gasteiger partial charge is 0.406 e. The fourth-order valence-electron chi connectivity index (χ4n) is 6.13. The average molecular weight is 598 g/mol. The van der Waals surface area contributed by atoms with Gasteiger partial charge in [-0.25, -0.2) is 4.98 Å². The van der Waals surface area contributed by atoms with Crippen molar-refractivity contribution in [1.82, 2.24) is 19.6 Å². The molecule has 2 aromatic heterocycles. The molecule has 0 bridgehead atoms. The summed E-state index contributed by atoms with van der Waals surface area (Å²) in [4.78, 5) is 22.5. The molecule has 2 unspecified atom stereocenters. The number of rotatable bonds is 8. The summed E-state index contributed by atoms with van der Waals surface area (Å²) in [5.41, 5.74) is 5.08. The summed E-state index contributed by atoms with van der Waals surface area (Å²) in [6.07, 6.45) is -2.33. The normalized spacial score (nSPS) is 18.9. The lowest BCUT2D eigenvalue weighted by atomic mass is 10.0. The molecule has 4 aromatic rings. The van der Waals surface area contributed by atoms with Crippen LogP contribution < -0.4 is 15.0 Å². The van der Waals surface area contributed by atoms with Crippen molar-refractivity contribution in [3.8, 4) is 5.75 Å². The summed E-state index contributed by atoms with van der Waals surface area (Å²) in [6.45, 7) is 6.93. The Morgan fingerprint density at radius 3 is 2.29 bits per heavy atom. The van der Waals surface area contributed by atoms with Crippen LogP contribution in [0, 0.1) is 11.8 Å². The fourth-order valence-corrected chi connectivity index (χ4v) is 6.29. The number of hydrogen-bond acceptors (Lipinski definition) is 5. The summed E-state index contributed by atoms with van der Waals surface area (Å²) in [5.74, 6) is 0.705. The zero-order chi connectivity index (χ0) is 29.4. The standard InChI is InChI=1S/C31H31ClF3N5O2/c1-2-27-29(40-19-24(32)7-12-28(40)37-27)30(41)36-13-20-3-8-25(9-4-20)39-17-22-15-38(16-23(22)18-39)14-21-5-10-26(11-6-21)42-31(33,34)35/h3-12,19,22-23H,2,13-18H2,1H3,(H,36,41). The molecule has 4 heterocycles. The van der Waals surface area contributed by atoms with E-state index in [1.165, 1.54) is 12.1 Å². The molecule has 0 saturated carbocycles. The van der Waals surface area contributed by atoms with E-state index in [1.807, 2.05) is 19.1 Å². The van der Waals surface area contributed by atoms with Crippen LogP contribution in [0.1, 0.15) is 34.2 Å². The number of pyridine rings is 1. The molecule has 0 radical (unpaired) electrons. The van der Waals surface area contributed by atoms with E-state index in [2.05, 4.69) is 37.0 Å². The van der Waals surface area contributed by atoms with Gasteiger partial charge in [0.15, 0.2) is 0 Å². The Labute approximate surface area is 246 Å². The number of ether oxygens (including phenoxy) is 1. The lowest BCUT2D eigenvalue weighted by molar-refractivity contribution is -0.274. The maximum absolute atomic E-state index is 13.1. The van der Waals surface area contributed by atoms with Crippen molar-refractivity contribution in [3.63, 3.8) is 0 Å². The van der Waals surface area contributed by atoms with E-state index >= 15 is 0 Å². The summed E-state index contributed by atoms with van der Waals surface area (Å²) in [5, 5.41) is 3.57. The zero-order valence-electron chi connectivity index (χ0n) is 23.1. The molecular formula is C31H31ClF3N5O2. The number of amides is 1. The van der Waals surface area contributed by atoms with E-state index < -0.39 is 6.36 Å². The molecule has 2 aromatic carbocycles. The molecule has 1 N–H and O–H groups in total. The number of carbonyl (C=O) groups is 1. The first kappa shape index (κ1) is 28.4. The van der Waals surface area contributed by atoms with E-state index in [9.17, 15) is 18.0 Å². The lowest BCUT2D eigenvalue weighted by Gasteiger charge is -2.23. The number of aromatic nitrogens is 2. The largest absolute Gasteiger partial charge is 0.573 e. The van der Waals surface area contributed by atoms with Gasteiger partial charge in [-0.1, -0.05) is 42.8 Å². The number of aryl methyl sites for hydroxylation is 1. The van der Waals surface area contributed by atoms with Gasteiger partial charge in [-0.05, 0) is 65.8 Å². The Kier molecular flexibility index (Phi) is 7.76. The third-order valence-corrected chi connectivity index (χ3v) is 8.31. The fraction of sp³-hybridized carbons (Fsp3) is 0.355. The molecule has 11 heteroatoms. The Hall–Kier alpha value is -3.76. The first-order chi connectivity index (χ1) is 20.1. The molecule has 2 atom stereocenters. The maximum Gasteiger partial charge on any atom is 0.573 e. The van der Waals surface area contributed by atoms with Gasteiger partial charge in [0.05, 0.1) is 10.7 Å². The van der Waals surface area contributed by atoms with Crippen LogP contribution in [0.25, 0.3) is 5.65 Å². The first-order valence-electron chi connectivity index (χ1n) is 14.0. The van der Waals surface area contributed by atoms with Gasteiger partial charge in [0, 0.05) is 51.2 Å². The second kappa shape index (κ2) is 11.5. The van der Waals surface area contributed by atoms with Gasteiger partial charge in [0.25, 0.3) is 5.91 Å². The van der Waals surface area contributed by atoms with Crippen LogP contribution in [0.5, 0.6) is 5.75 Å². The highest BCUT2D eigenvalue weighted by Crippen LogP contribution is 2.35. The second-order valence-corrected chi connectivity index (χ2v) is 11.4. The van der Waals surface area contributed by atoms with Crippen LogP contribution in [0.4, 0.5) is 18.9 Å². The molecule has 2 saturated heterocycles. The predicted octanol–water partition coefficient (Wildman–Crippen LogP) is 5.95. The molecule has 0 spiro atoms. The zero-order valence-corrected chi connectivity index (χ0v) is 23.8. The molecule has 6 rings (SSSR count). The monoisotopic (exact) mass is 597 g/mol. The molecule has 42 heavy (non-hydrogen) atoms. The van der Waals surface area contributed by atoms with E-state index in [4.69, 9.17) is 11.6 Å². The molecule has 7 nitrogen and oxygen atoms in total. The highest BCUT2D eigenvalue weighted by molar-refractivity contribution is 6.30. The SMILES string of the molecule is CCc1nc2ccc(Cl)cn2c1C(=O)NCc1ccc(N2CC3CN(Cc4ccc(OC(F)(F)F)cc4)CC3C2)cc1. The topological polar surface area (TPSA) is 62.1 Å². The highest BCUT2D eigenvalue weighted by Gasteiger charge is 2.40. The van der Waals surface area contributed by atoms with Crippen molar-refractivity contribution in [2.75, 3.05) is 31.1 Å². The number of anilines is 1. The first-order valence-corrected chi connectivity index (χ1v) is 14.4. The van der Waals surface area contributed by atoms with Crippen LogP contribution in [-0.2, 0) is 19.5 Å². The van der Waals surface area contributed by atoms with Crippen molar-refractivity contribution in [3.05, 3.63) is 94.4 Å². The number of nitrogens with one attached hydrogen (secondary N) is 1. The number of hydrogen-bond donors (Lipinski definition) is 1. The van der Waals surface area contributed by atoms with Gasteiger partial charge >= 0.3 is 6.36 Å². The van der Waals surface area contributed by atoms with Crippen molar-refractivity contribution in [1.29, 1.82) is 0 Å². The minimum absolute atomic E-state index is 0.187. The van der Waals surface area contributed by atoms with E-state index in [0.29, 0.717) is 47.7 Å². The van der Waals surface area contributed by atoms with Crippen molar-refractivity contribution < 1.29 is 22.7 Å². The van der Waals surface area contributed by atoms with E-state index in [0.717, 1.165) is 48.7 Å².